The molecule has 0 aromatic carbocycles. The topological polar surface area (TPSA) is 85.4 Å². The Kier molecular flexibility index (Phi) is 4.58. The molecule has 1 aliphatic heterocycles. The molecule has 2 N–H and O–H groups in total. The van der Waals surface area contributed by atoms with Crippen molar-refractivity contribution in [2.24, 2.45) is 5.92 Å². The molecular formula is C20H27BN4O3. The van der Waals surface area contributed by atoms with Gasteiger partial charge in [-0.25, -0.2) is 9.97 Å². The molecule has 0 spiro atoms. The van der Waals surface area contributed by atoms with Crippen LogP contribution in [0.4, 0.5) is 11.6 Å². The largest absolute Gasteiger partial charge is 0.497 e. The number of carbonyl (C=O) groups is 1. The quantitative estimate of drug-likeness (QED) is 0.774. The van der Waals surface area contributed by atoms with Crippen LogP contribution in [0.5, 0.6) is 0 Å². The van der Waals surface area contributed by atoms with Gasteiger partial charge in [0.2, 0.25) is 5.91 Å². The Labute approximate surface area is 165 Å². The number of nitrogens with zero attached hydrogens (tertiary/aromatic N) is 2. The van der Waals surface area contributed by atoms with Gasteiger partial charge in [0.25, 0.3) is 0 Å². The molecule has 8 heteroatoms. The molecule has 28 heavy (non-hydrogen) atoms. The zero-order valence-corrected chi connectivity index (χ0v) is 17.1. The Morgan fingerprint density at radius 2 is 1.82 bits per heavy atom. The molecule has 0 radical (unpaired) electrons. The van der Waals surface area contributed by atoms with Crippen molar-refractivity contribution < 1.29 is 14.1 Å². The number of nitrogens with one attached hydrogen (secondary N) is 2. The van der Waals surface area contributed by atoms with Crippen molar-refractivity contribution in [2.75, 3.05) is 17.2 Å². The number of anilines is 2. The molecule has 0 bridgehead atoms. The monoisotopic (exact) mass is 382 g/mol. The van der Waals surface area contributed by atoms with Crippen molar-refractivity contribution in [3.63, 3.8) is 0 Å². The molecular weight excluding hydrogens is 355 g/mol. The second-order valence-electron chi connectivity index (χ2n) is 8.56. The molecule has 0 atom stereocenters. The maximum Gasteiger partial charge on any atom is 0.497 e. The van der Waals surface area contributed by atoms with Gasteiger partial charge in [0.1, 0.15) is 11.6 Å². The predicted molar refractivity (Wildman–Crippen MR) is 111 cm³/mol. The van der Waals surface area contributed by atoms with E-state index in [2.05, 4.69) is 20.6 Å². The minimum atomic E-state index is -0.537. The van der Waals surface area contributed by atoms with E-state index in [1.807, 2.05) is 40.7 Å². The second-order valence-corrected chi connectivity index (χ2v) is 8.56. The van der Waals surface area contributed by atoms with Gasteiger partial charge in [-0.1, -0.05) is 0 Å². The van der Waals surface area contributed by atoms with Crippen molar-refractivity contribution in [3.05, 3.63) is 18.5 Å². The summed E-state index contributed by atoms with van der Waals surface area (Å²) in [5.74, 6) is 1.45. The van der Waals surface area contributed by atoms with E-state index in [9.17, 15) is 4.79 Å². The van der Waals surface area contributed by atoms with E-state index >= 15 is 0 Å². The lowest BCUT2D eigenvalue weighted by Crippen LogP contribution is -2.41. The molecule has 2 fully saturated rings. The van der Waals surface area contributed by atoms with Gasteiger partial charge >= 0.3 is 7.12 Å². The van der Waals surface area contributed by atoms with Crippen LogP contribution in [0, 0.1) is 5.92 Å². The molecule has 1 aliphatic carbocycles. The predicted octanol–water partition coefficient (Wildman–Crippen LogP) is 2.71. The lowest BCUT2D eigenvalue weighted by Gasteiger charge is -2.32. The van der Waals surface area contributed by atoms with Crippen LogP contribution in [0.2, 0.25) is 0 Å². The van der Waals surface area contributed by atoms with Crippen LogP contribution >= 0.6 is 0 Å². The summed E-state index contributed by atoms with van der Waals surface area (Å²) in [6, 6.07) is 1.89. The normalized spacial score (nSPS) is 20.4. The average Bonchev–Trinajstić information content (AvgIpc) is 3.43. The summed E-state index contributed by atoms with van der Waals surface area (Å²) >= 11 is 0. The van der Waals surface area contributed by atoms with E-state index < -0.39 is 18.3 Å². The Hall–Kier alpha value is -2.19. The Bertz CT molecular complexity index is 911. The van der Waals surface area contributed by atoms with Crippen LogP contribution < -0.4 is 16.1 Å². The first-order valence-corrected chi connectivity index (χ1v) is 9.91. The van der Waals surface area contributed by atoms with Gasteiger partial charge in [0.05, 0.1) is 11.2 Å². The third-order valence-corrected chi connectivity index (χ3v) is 5.85. The Morgan fingerprint density at radius 3 is 2.43 bits per heavy atom. The highest BCUT2D eigenvalue weighted by Crippen LogP contribution is 2.37. The van der Waals surface area contributed by atoms with Crippen molar-refractivity contribution >= 4 is 40.9 Å². The van der Waals surface area contributed by atoms with Gasteiger partial charge in [0, 0.05) is 35.7 Å². The average molecular weight is 382 g/mol. The Morgan fingerprint density at radius 1 is 1.14 bits per heavy atom. The first kappa shape index (κ1) is 19.1. The van der Waals surface area contributed by atoms with Crippen LogP contribution in [0.15, 0.2) is 18.5 Å². The fourth-order valence-electron chi connectivity index (χ4n) is 3.26. The number of carbonyl (C=O) groups excluding carboxylic acids is 1. The van der Waals surface area contributed by atoms with Gasteiger partial charge in [0.15, 0.2) is 0 Å². The third-order valence-electron chi connectivity index (χ3n) is 5.85. The zero-order chi connectivity index (χ0) is 20.1. The summed E-state index contributed by atoms with van der Waals surface area (Å²) < 4.78 is 12.5. The Balaban J connectivity index is 1.76. The molecule has 1 amide bonds. The highest BCUT2D eigenvalue weighted by Gasteiger charge is 2.52. The first-order chi connectivity index (χ1) is 13.2. The van der Waals surface area contributed by atoms with Crippen LogP contribution in [0.3, 0.4) is 0 Å². The van der Waals surface area contributed by atoms with Crippen molar-refractivity contribution in [1.82, 2.24) is 9.97 Å². The number of hydrogen-bond acceptors (Lipinski definition) is 6. The summed E-state index contributed by atoms with van der Waals surface area (Å²) in [5.41, 5.74) is -0.0552. The number of amides is 1. The van der Waals surface area contributed by atoms with Gasteiger partial charge in [-0.15, -0.1) is 0 Å². The van der Waals surface area contributed by atoms with Gasteiger partial charge in [-0.2, -0.15) is 0 Å². The van der Waals surface area contributed by atoms with E-state index in [-0.39, 0.29) is 11.8 Å². The van der Waals surface area contributed by atoms with Crippen molar-refractivity contribution in [1.29, 1.82) is 0 Å². The molecule has 0 unspecified atom stereocenters. The molecule has 3 heterocycles. The standard InChI is InChI=1S/C20H27BN4O3/c1-6-22-17-14-10-23-16(25-18(26)12-7-8-12)9-13(14)15(11-24-17)21-27-19(2,3)20(4,5)28-21/h9-12H,6-8H2,1-5H3,(H,22,24)(H,23,25,26). The fraction of sp³-hybridized carbons (Fsp3) is 0.550. The zero-order valence-electron chi connectivity index (χ0n) is 17.1. The molecule has 7 nitrogen and oxygen atoms in total. The highest BCUT2D eigenvalue weighted by molar-refractivity contribution is 6.65. The summed E-state index contributed by atoms with van der Waals surface area (Å²) in [6.07, 6.45) is 5.44. The molecule has 148 valence electrons. The summed E-state index contributed by atoms with van der Waals surface area (Å²) in [5, 5.41) is 7.98. The highest BCUT2D eigenvalue weighted by atomic mass is 16.7. The van der Waals surface area contributed by atoms with E-state index in [4.69, 9.17) is 9.31 Å². The molecule has 1 saturated heterocycles. The SMILES string of the molecule is CCNc1ncc(B2OC(C)(C)C(C)(C)O2)c2cc(NC(=O)C3CC3)ncc12. The van der Waals surface area contributed by atoms with Crippen LogP contribution in [-0.4, -0.2) is 40.7 Å². The van der Waals surface area contributed by atoms with Crippen LogP contribution in [0.25, 0.3) is 10.8 Å². The summed E-state index contributed by atoms with van der Waals surface area (Å²) in [4.78, 5) is 21.2. The van der Waals surface area contributed by atoms with Gasteiger partial charge in [-0.3, -0.25) is 4.79 Å². The summed E-state index contributed by atoms with van der Waals surface area (Å²) in [6.45, 7) is 10.9. The number of pyridine rings is 2. The number of rotatable bonds is 5. The van der Waals surface area contributed by atoms with Crippen LogP contribution in [0.1, 0.15) is 47.5 Å². The molecule has 2 aromatic rings. The lowest BCUT2D eigenvalue weighted by molar-refractivity contribution is -0.117. The second kappa shape index (κ2) is 6.70. The van der Waals surface area contributed by atoms with E-state index in [1.54, 1.807) is 12.4 Å². The van der Waals surface area contributed by atoms with Crippen LogP contribution in [-0.2, 0) is 14.1 Å². The van der Waals surface area contributed by atoms with Crippen molar-refractivity contribution in [2.45, 2.75) is 58.7 Å². The van der Waals surface area contributed by atoms with E-state index in [0.29, 0.717) is 5.82 Å². The molecule has 2 aromatic heterocycles. The smallest absolute Gasteiger partial charge is 0.399 e. The van der Waals surface area contributed by atoms with Crippen molar-refractivity contribution in [3.8, 4) is 0 Å². The minimum Gasteiger partial charge on any atom is -0.399 e. The lowest BCUT2D eigenvalue weighted by atomic mass is 9.77. The maximum absolute atomic E-state index is 12.2. The third kappa shape index (κ3) is 3.35. The fourth-order valence-corrected chi connectivity index (χ4v) is 3.26. The van der Waals surface area contributed by atoms with E-state index in [1.165, 1.54) is 0 Å². The molecule has 1 saturated carbocycles. The number of aromatic nitrogens is 2. The minimum absolute atomic E-state index is 0.0324. The van der Waals surface area contributed by atoms with Gasteiger partial charge < -0.3 is 19.9 Å². The molecule has 4 rings (SSSR count). The number of fused-ring (bicyclic) bond motifs is 1. The van der Waals surface area contributed by atoms with Gasteiger partial charge in [-0.05, 0) is 58.9 Å². The van der Waals surface area contributed by atoms with E-state index in [0.717, 1.165) is 41.4 Å². The number of hydrogen-bond donors (Lipinski definition) is 2. The first-order valence-electron chi connectivity index (χ1n) is 9.91. The molecule has 2 aliphatic rings. The maximum atomic E-state index is 12.2. The summed E-state index contributed by atoms with van der Waals surface area (Å²) in [7, 11) is -0.537.